The van der Waals surface area contributed by atoms with E-state index < -0.39 is 10.0 Å². The first-order valence-electron chi connectivity index (χ1n) is 10.7. The van der Waals surface area contributed by atoms with E-state index in [-0.39, 0.29) is 10.8 Å². The van der Waals surface area contributed by atoms with Crippen LogP contribution >= 0.6 is 0 Å². The second-order valence-corrected chi connectivity index (χ2v) is 9.56. The zero-order valence-corrected chi connectivity index (χ0v) is 18.8. The van der Waals surface area contributed by atoms with Crippen molar-refractivity contribution in [1.82, 2.24) is 9.62 Å². The molecule has 0 aliphatic carbocycles. The summed E-state index contributed by atoms with van der Waals surface area (Å²) in [6, 6.07) is 17.0. The molecule has 8 heteroatoms. The van der Waals surface area contributed by atoms with Gasteiger partial charge in [0.25, 0.3) is 0 Å². The quantitative estimate of drug-likeness (QED) is 0.568. The van der Waals surface area contributed by atoms with Crippen molar-refractivity contribution in [3.8, 4) is 0 Å². The Morgan fingerprint density at radius 2 is 1.74 bits per heavy atom. The molecular weight excluding hydrogens is 414 g/mol. The second kappa shape index (κ2) is 11.3. The van der Waals surface area contributed by atoms with Crippen molar-refractivity contribution >= 4 is 21.6 Å². The molecule has 3 rings (SSSR count). The van der Waals surface area contributed by atoms with Crippen LogP contribution in [0.4, 0.5) is 5.69 Å². The molecule has 2 aromatic carbocycles. The van der Waals surface area contributed by atoms with Crippen LogP contribution in [0.5, 0.6) is 0 Å². The van der Waals surface area contributed by atoms with Gasteiger partial charge in [0.15, 0.2) is 0 Å². The lowest BCUT2D eigenvalue weighted by molar-refractivity contribution is -0.121. The van der Waals surface area contributed by atoms with E-state index in [9.17, 15) is 13.2 Å². The number of sulfonamides is 1. The standard InChI is InChI=1S/C23H31N3O4S/c1-25(21-6-3-2-4-7-21)15-5-14-24-23(27)13-10-20-8-11-22(12-9-20)31(28,29)26-16-18-30-19-17-26/h2-4,6-9,11-12H,5,10,13-19H2,1H3,(H,24,27). The third kappa shape index (κ3) is 6.78. The number of morpholine rings is 1. The van der Waals surface area contributed by atoms with E-state index in [4.69, 9.17) is 4.74 Å². The van der Waals surface area contributed by atoms with Crippen molar-refractivity contribution in [3.05, 3.63) is 60.2 Å². The van der Waals surface area contributed by atoms with Crippen LogP contribution in [0.3, 0.4) is 0 Å². The molecule has 0 radical (unpaired) electrons. The fourth-order valence-corrected chi connectivity index (χ4v) is 4.87. The largest absolute Gasteiger partial charge is 0.379 e. The molecule has 7 nitrogen and oxygen atoms in total. The Hall–Kier alpha value is -2.42. The number of ether oxygens (including phenoxy) is 1. The highest BCUT2D eigenvalue weighted by Gasteiger charge is 2.26. The molecule has 0 atom stereocenters. The monoisotopic (exact) mass is 445 g/mol. The Kier molecular flexibility index (Phi) is 8.45. The molecule has 0 spiro atoms. The van der Waals surface area contributed by atoms with E-state index in [0.717, 1.165) is 24.2 Å². The normalized spacial score (nSPS) is 14.9. The minimum atomic E-state index is -3.48. The van der Waals surface area contributed by atoms with Crippen molar-refractivity contribution in [3.63, 3.8) is 0 Å². The van der Waals surface area contributed by atoms with Crippen molar-refractivity contribution in [1.29, 1.82) is 0 Å². The first kappa shape index (κ1) is 23.2. The summed E-state index contributed by atoms with van der Waals surface area (Å²) < 4.78 is 32.0. The van der Waals surface area contributed by atoms with Gasteiger partial charge in [-0.05, 0) is 42.7 Å². The Morgan fingerprint density at radius 3 is 2.42 bits per heavy atom. The van der Waals surface area contributed by atoms with Crippen LogP contribution in [-0.4, -0.2) is 65.1 Å². The van der Waals surface area contributed by atoms with Crippen molar-refractivity contribution < 1.29 is 17.9 Å². The number of rotatable bonds is 10. The Morgan fingerprint density at radius 1 is 1.06 bits per heavy atom. The number of benzene rings is 2. The molecule has 1 amide bonds. The van der Waals surface area contributed by atoms with Crippen LogP contribution in [-0.2, 0) is 26.0 Å². The topological polar surface area (TPSA) is 79.0 Å². The smallest absolute Gasteiger partial charge is 0.243 e. The van der Waals surface area contributed by atoms with E-state index in [0.29, 0.717) is 45.7 Å². The number of anilines is 1. The average molecular weight is 446 g/mol. The molecule has 31 heavy (non-hydrogen) atoms. The number of para-hydroxylation sites is 1. The summed E-state index contributed by atoms with van der Waals surface area (Å²) in [5, 5.41) is 2.96. The van der Waals surface area contributed by atoms with Crippen molar-refractivity contribution in [2.45, 2.75) is 24.2 Å². The molecule has 0 saturated carbocycles. The van der Waals surface area contributed by atoms with Gasteiger partial charge in [-0.1, -0.05) is 30.3 Å². The summed E-state index contributed by atoms with van der Waals surface area (Å²) in [6.45, 7) is 3.11. The number of hydrogen-bond acceptors (Lipinski definition) is 5. The number of amides is 1. The molecule has 0 aromatic heterocycles. The van der Waals surface area contributed by atoms with Gasteiger partial charge in [0.1, 0.15) is 0 Å². The van der Waals surface area contributed by atoms with Gasteiger partial charge in [-0.25, -0.2) is 8.42 Å². The molecule has 168 valence electrons. The highest BCUT2D eigenvalue weighted by atomic mass is 32.2. The lowest BCUT2D eigenvalue weighted by Crippen LogP contribution is -2.40. The molecule has 1 saturated heterocycles. The third-order valence-electron chi connectivity index (χ3n) is 5.36. The van der Waals surface area contributed by atoms with Crippen LogP contribution in [0.15, 0.2) is 59.5 Å². The Balaban J connectivity index is 1.38. The van der Waals surface area contributed by atoms with Crippen LogP contribution in [0.2, 0.25) is 0 Å². The highest BCUT2D eigenvalue weighted by Crippen LogP contribution is 2.18. The van der Waals surface area contributed by atoms with Gasteiger partial charge in [-0.3, -0.25) is 4.79 Å². The molecule has 0 unspecified atom stereocenters. The molecule has 1 heterocycles. The molecule has 1 aliphatic rings. The first-order chi connectivity index (χ1) is 15.0. The fraction of sp³-hybridized carbons (Fsp3) is 0.435. The molecule has 1 N–H and O–H groups in total. The summed E-state index contributed by atoms with van der Waals surface area (Å²) in [5.41, 5.74) is 2.10. The minimum Gasteiger partial charge on any atom is -0.379 e. The molecule has 0 bridgehead atoms. The number of aryl methyl sites for hydroxylation is 1. The SMILES string of the molecule is CN(CCCNC(=O)CCc1ccc(S(=O)(=O)N2CCOCC2)cc1)c1ccccc1. The van der Waals surface area contributed by atoms with Gasteiger partial charge in [0.2, 0.25) is 15.9 Å². The number of nitrogens with one attached hydrogen (secondary N) is 1. The summed E-state index contributed by atoms with van der Waals surface area (Å²) in [7, 11) is -1.44. The number of nitrogens with zero attached hydrogens (tertiary/aromatic N) is 2. The Bertz CT molecular complexity index is 927. The van der Waals surface area contributed by atoms with Gasteiger partial charge in [0, 0.05) is 45.3 Å². The minimum absolute atomic E-state index is 0.00683. The van der Waals surface area contributed by atoms with Crippen LogP contribution < -0.4 is 10.2 Å². The van der Waals surface area contributed by atoms with Crippen molar-refractivity contribution in [2.24, 2.45) is 0 Å². The zero-order chi connectivity index (χ0) is 22.1. The number of carbonyl (C=O) groups excluding carboxylic acids is 1. The Labute approximate surface area is 185 Å². The third-order valence-corrected chi connectivity index (χ3v) is 7.27. The van der Waals surface area contributed by atoms with Crippen LogP contribution in [0.1, 0.15) is 18.4 Å². The number of carbonyl (C=O) groups is 1. The van der Waals surface area contributed by atoms with Crippen molar-refractivity contribution in [2.75, 3.05) is 51.3 Å². The fourth-order valence-electron chi connectivity index (χ4n) is 3.47. The van der Waals surface area contributed by atoms with Crippen LogP contribution in [0, 0.1) is 0 Å². The maximum atomic E-state index is 12.7. The molecule has 1 aliphatic heterocycles. The lowest BCUT2D eigenvalue weighted by atomic mass is 10.1. The predicted molar refractivity (Wildman–Crippen MR) is 122 cm³/mol. The van der Waals surface area contributed by atoms with E-state index in [1.807, 2.05) is 25.2 Å². The van der Waals surface area contributed by atoms with E-state index in [1.165, 1.54) is 4.31 Å². The van der Waals surface area contributed by atoms with E-state index >= 15 is 0 Å². The van der Waals surface area contributed by atoms with Gasteiger partial charge < -0.3 is 15.0 Å². The van der Waals surface area contributed by atoms with Crippen LogP contribution in [0.25, 0.3) is 0 Å². The maximum Gasteiger partial charge on any atom is 0.243 e. The summed E-state index contributed by atoms with van der Waals surface area (Å²) in [5.74, 6) is 0.00683. The van der Waals surface area contributed by atoms with Gasteiger partial charge in [-0.2, -0.15) is 4.31 Å². The van der Waals surface area contributed by atoms with Gasteiger partial charge >= 0.3 is 0 Å². The molecule has 1 fully saturated rings. The summed E-state index contributed by atoms with van der Waals surface area (Å²) in [4.78, 5) is 14.6. The van der Waals surface area contributed by atoms with Gasteiger partial charge in [-0.15, -0.1) is 0 Å². The second-order valence-electron chi connectivity index (χ2n) is 7.62. The summed E-state index contributed by atoms with van der Waals surface area (Å²) in [6.07, 6.45) is 1.82. The maximum absolute atomic E-state index is 12.7. The number of hydrogen-bond donors (Lipinski definition) is 1. The van der Waals surface area contributed by atoms with E-state index in [1.54, 1.807) is 24.3 Å². The first-order valence-corrected chi connectivity index (χ1v) is 12.1. The lowest BCUT2D eigenvalue weighted by Gasteiger charge is -2.26. The highest BCUT2D eigenvalue weighted by molar-refractivity contribution is 7.89. The predicted octanol–water partition coefficient (Wildman–Crippen LogP) is 2.28. The van der Waals surface area contributed by atoms with Gasteiger partial charge in [0.05, 0.1) is 18.1 Å². The average Bonchev–Trinajstić information content (AvgIpc) is 2.81. The molecular formula is C23H31N3O4S. The summed E-state index contributed by atoms with van der Waals surface area (Å²) >= 11 is 0. The zero-order valence-electron chi connectivity index (χ0n) is 18.0. The molecule has 2 aromatic rings. The van der Waals surface area contributed by atoms with E-state index in [2.05, 4.69) is 22.3 Å².